The van der Waals surface area contributed by atoms with Crippen LogP contribution in [0.4, 0.5) is 5.82 Å². The molecule has 0 spiro atoms. The monoisotopic (exact) mass is 265 g/mol. The smallest absolute Gasteiger partial charge is 0.257 e. The van der Waals surface area contributed by atoms with E-state index in [4.69, 9.17) is 9.84 Å². The molecule has 1 unspecified atom stereocenters. The summed E-state index contributed by atoms with van der Waals surface area (Å²) in [7, 11) is 0. The number of carbonyl (C=O) groups excluding carboxylic acids is 1. The summed E-state index contributed by atoms with van der Waals surface area (Å²) >= 11 is 0. The van der Waals surface area contributed by atoms with Crippen molar-refractivity contribution in [1.29, 1.82) is 0 Å². The van der Waals surface area contributed by atoms with Gasteiger partial charge in [-0.25, -0.2) is 4.98 Å². The van der Waals surface area contributed by atoms with E-state index in [9.17, 15) is 4.79 Å². The number of pyridine rings is 1. The van der Waals surface area contributed by atoms with E-state index >= 15 is 0 Å². The van der Waals surface area contributed by atoms with Gasteiger partial charge in [-0.15, -0.1) is 0 Å². The first-order valence-corrected chi connectivity index (χ1v) is 6.47. The van der Waals surface area contributed by atoms with Crippen molar-refractivity contribution < 1.29 is 14.6 Å². The first-order chi connectivity index (χ1) is 9.26. The summed E-state index contributed by atoms with van der Waals surface area (Å²) in [5, 5.41) is 12.2. The number of amides is 1. The number of morpholine rings is 1. The molecule has 0 bridgehead atoms. The summed E-state index contributed by atoms with van der Waals surface area (Å²) in [5.74, 6) is 0.521. The lowest BCUT2D eigenvalue weighted by atomic mass is 10.2. The minimum absolute atomic E-state index is 0.0725. The zero-order chi connectivity index (χ0) is 13.7. The molecule has 104 valence electrons. The van der Waals surface area contributed by atoms with Gasteiger partial charge in [-0.1, -0.05) is 0 Å². The average Bonchev–Trinajstić information content (AvgIpc) is 2.47. The van der Waals surface area contributed by atoms with Gasteiger partial charge < -0.3 is 20.1 Å². The van der Waals surface area contributed by atoms with Crippen LogP contribution in [0.3, 0.4) is 0 Å². The third kappa shape index (κ3) is 3.21. The molecule has 2 N–H and O–H groups in total. The van der Waals surface area contributed by atoms with E-state index in [1.54, 1.807) is 23.2 Å². The number of nitrogens with zero attached hydrogens (tertiary/aromatic N) is 2. The number of anilines is 1. The summed E-state index contributed by atoms with van der Waals surface area (Å²) in [6.07, 6.45) is 1.36. The molecule has 1 aliphatic rings. The summed E-state index contributed by atoms with van der Waals surface area (Å²) in [6, 6.07) is 3.51. The van der Waals surface area contributed by atoms with Crippen LogP contribution in [-0.2, 0) is 4.74 Å². The van der Waals surface area contributed by atoms with Crippen molar-refractivity contribution in [1.82, 2.24) is 9.88 Å². The zero-order valence-corrected chi connectivity index (χ0v) is 11.0. The molecule has 0 aromatic carbocycles. The topological polar surface area (TPSA) is 74.7 Å². The lowest BCUT2D eigenvalue weighted by Crippen LogP contribution is -2.47. The Balaban J connectivity index is 2.14. The number of aromatic nitrogens is 1. The molecule has 0 aliphatic carbocycles. The van der Waals surface area contributed by atoms with Crippen LogP contribution in [0.1, 0.15) is 17.3 Å². The predicted octanol–water partition coefficient (Wildman–Crippen LogP) is 0.347. The molecule has 0 saturated carbocycles. The van der Waals surface area contributed by atoms with E-state index in [-0.39, 0.29) is 18.6 Å². The molecule has 1 aromatic rings. The fraction of sp³-hybridized carbons (Fsp3) is 0.538. The van der Waals surface area contributed by atoms with Gasteiger partial charge in [-0.2, -0.15) is 0 Å². The highest BCUT2D eigenvalue weighted by Crippen LogP contribution is 2.16. The van der Waals surface area contributed by atoms with Crippen LogP contribution in [0.5, 0.6) is 0 Å². The minimum atomic E-state index is -0.294. The molecular weight excluding hydrogens is 246 g/mol. The van der Waals surface area contributed by atoms with Crippen LogP contribution < -0.4 is 5.32 Å². The Kier molecular flexibility index (Phi) is 4.70. The quantitative estimate of drug-likeness (QED) is 0.821. The van der Waals surface area contributed by atoms with Crippen LogP contribution >= 0.6 is 0 Å². The molecule has 2 rings (SSSR count). The standard InChI is InChI=1S/C13H19N3O3/c1-2-14-12-11(4-3-5-15-12)13(18)16-6-7-19-10(8-16)9-17/h3-5,10,17H,2,6-9H2,1H3,(H,14,15). The molecule has 1 amide bonds. The number of rotatable bonds is 4. The Bertz CT molecular complexity index is 439. The molecular formula is C13H19N3O3. The highest BCUT2D eigenvalue weighted by Gasteiger charge is 2.26. The largest absolute Gasteiger partial charge is 0.394 e. The highest BCUT2D eigenvalue weighted by molar-refractivity contribution is 5.98. The molecule has 1 fully saturated rings. The van der Waals surface area contributed by atoms with Crippen molar-refractivity contribution in [2.45, 2.75) is 13.0 Å². The zero-order valence-electron chi connectivity index (χ0n) is 11.0. The van der Waals surface area contributed by atoms with Gasteiger partial charge >= 0.3 is 0 Å². The summed E-state index contributed by atoms with van der Waals surface area (Å²) in [5.41, 5.74) is 0.558. The number of hydrogen-bond acceptors (Lipinski definition) is 5. The highest BCUT2D eigenvalue weighted by atomic mass is 16.5. The van der Waals surface area contributed by atoms with Crippen LogP contribution in [0, 0.1) is 0 Å². The second kappa shape index (κ2) is 6.49. The van der Waals surface area contributed by atoms with Crippen molar-refractivity contribution >= 4 is 11.7 Å². The fourth-order valence-corrected chi connectivity index (χ4v) is 2.07. The van der Waals surface area contributed by atoms with Gasteiger partial charge in [0.1, 0.15) is 5.82 Å². The maximum absolute atomic E-state index is 12.5. The molecule has 0 radical (unpaired) electrons. The number of hydrogen-bond donors (Lipinski definition) is 2. The second-order valence-corrected chi connectivity index (χ2v) is 4.36. The Labute approximate surface area is 112 Å². The van der Waals surface area contributed by atoms with Gasteiger partial charge in [0.2, 0.25) is 0 Å². The van der Waals surface area contributed by atoms with E-state index in [1.165, 1.54) is 0 Å². The van der Waals surface area contributed by atoms with Gasteiger partial charge in [0.05, 0.1) is 24.9 Å². The normalized spacial score (nSPS) is 19.3. The molecule has 19 heavy (non-hydrogen) atoms. The van der Waals surface area contributed by atoms with Crippen molar-refractivity contribution in [2.75, 3.05) is 38.2 Å². The minimum Gasteiger partial charge on any atom is -0.394 e. The molecule has 1 aromatic heterocycles. The lowest BCUT2D eigenvalue weighted by Gasteiger charge is -2.32. The molecule has 6 nitrogen and oxygen atoms in total. The average molecular weight is 265 g/mol. The van der Waals surface area contributed by atoms with E-state index in [0.717, 1.165) is 0 Å². The maximum Gasteiger partial charge on any atom is 0.257 e. The Morgan fingerprint density at radius 3 is 3.26 bits per heavy atom. The van der Waals surface area contributed by atoms with Gasteiger partial charge in [0.15, 0.2) is 0 Å². The van der Waals surface area contributed by atoms with Crippen LogP contribution in [0.15, 0.2) is 18.3 Å². The molecule has 6 heteroatoms. The maximum atomic E-state index is 12.5. The van der Waals surface area contributed by atoms with E-state index in [1.807, 2.05) is 6.92 Å². The lowest BCUT2D eigenvalue weighted by molar-refractivity contribution is -0.0447. The third-order valence-electron chi connectivity index (χ3n) is 3.01. The van der Waals surface area contributed by atoms with Gasteiger partial charge in [-0.05, 0) is 19.1 Å². The van der Waals surface area contributed by atoms with Crippen LogP contribution in [0.25, 0.3) is 0 Å². The third-order valence-corrected chi connectivity index (χ3v) is 3.01. The number of aliphatic hydroxyl groups excluding tert-OH is 1. The van der Waals surface area contributed by atoms with Crippen molar-refractivity contribution in [3.05, 3.63) is 23.9 Å². The van der Waals surface area contributed by atoms with Crippen molar-refractivity contribution in [3.63, 3.8) is 0 Å². The van der Waals surface area contributed by atoms with Gasteiger partial charge in [0, 0.05) is 25.8 Å². The molecule has 1 aliphatic heterocycles. The number of aliphatic hydroxyl groups is 1. The summed E-state index contributed by atoms with van der Waals surface area (Å²) in [4.78, 5) is 18.3. The molecule has 2 heterocycles. The second-order valence-electron chi connectivity index (χ2n) is 4.36. The first kappa shape index (κ1) is 13.8. The van der Waals surface area contributed by atoms with Gasteiger partial charge in [0.25, 0.3) is 5.91 Å². The Morgan fingerprint density at radius 2 is 2.53 bits per heavy atom. The Morgan fingerprint density at radius 1 is 1.68 bits per heavy atom. The predicted molar refractivity (Wildman–Crippen MR) is 71.1 cm³/mol. The summed E-state index contributed by atoms with van der Waals surface area (Å²) in [6.45, 7) is 4.00. The van der Waals surface area contributed by atoms with E-state index in [2.05, 4.69) is 10.3 Å². The van der Waals surface area contributed by atoms with E-state index < -0.39 is 0 Å². The fourth-order valence-electron chi connectivity index (χ4n) is 2.07. The number of carbonyl (C=O) groups is 1. The van der Waals surface area contributed by atoms with E-state index in [0.29, 0.717) is 37.6 Å². The van der Waals surface area contributed by atoms with Gasteiger partial charge in [-0.3, -0.25) is 4.79 Å². The summed E-state index contributed by atoms with van der Waals surface area (Å²) < 4.78 is 5.35. The first-order valence-electron chi connectivity index (χ1n) is 6.47. The molecule has 1 saturated heterocycles. The van der Waals surface area contributed by atoms with Crippen LogP contribution in [-0.4, -0.2) is 59.8 Å². The van der Waals surface area contributed by atoms with Crippen molar-refractivity contribution in [3.8, 4) is 0 Å². The number of ether oxygens (including phenoxy) is 1. The molecule has 1 atom stereocenters. The Hall–Kier alpha value is -1.66. The SMILES string of the molecule is CCNc1ncccc1C(=O)N1CCOC(CO)C1. The van der Waals surface area contributed by atoms with Crippen LogP contribution in [0.2, 0.25) is 0 Å². The van der Waals surface area contributed by atoms with Crippen molar-refractivity contribution in [2.24, 2.45) is 0 Å². The number of nitrogens with one attached hydrogen (secondary N) is 1.